The summed E-state index contributed by atoms with van der Waals surface area (Å²) in [6.07, 6.45) is 3.60. The van der Waals surface area contributed by atoms with Crippen molar-refractivity contribution in [1.82, 2.24) is 5.06 Å². The fourth-order valence-electron chi connectivity index (χ4n) is 1.12. The summed E-state index contributed by atoms with van der Waals surface area (Å²) in [4.78, 5) is 16.1. The van der Waals surface area contributed by atoms with E-state index in [1.165, 1.54) is 12.2 Å². The molecule has 1 rings (SSSR count). The molecule has 0 heterocycles. The van der Waals surface area contributed by atoms with Gasteiger partial charge in [0.15, 0.2) is 0 Å². The normalized spacial score (nSPS) is 26.6. The average Bonchev–Trinajstić information content (AvgIpc) is 2.02. The van der Waals surface area contributed by atoms with Crippen LogP contribution in [0.25, 0.3) is 0 Å². The van der Waals surface area contributed by atoms with Crippen molar-refractivity contribution in [1.29, 1.82) is 0 Å². The maximum atomic E-state index is 11.4. The fraction of sp³-hybridized carbons (Fsp3) is 0.625. The van der Waals surface area contributed by atoms with Gasteiger partial charge in [-0.15, -0.1) is 0 Å². The van der Waals surface area contributed by atoms with Crippen molar-refractivity contribution >= 4 is 5.91 Å². The molecule has 0 spiro atoms. The number of hydrogen-bond donors (Lipinski definition) is 1. The van der Waals surface area contributed by atoms with Crippen LogP contribution in [0.1, 0.15) is 0 Å². The fourth-order valence-corrected chi connectivity index (χ4v) is 1.12. The van der Waals surface area contributed by atoms with E-state index in [-0.39, 0.29) is 24.3 Å². The zero-order chi connectivity index (χ0) is 9.14. The van der Waals surface area contributed by atoms with Crippen LogP contribution in [0.15, 0.2) is 12.2 Å². The molecule has 1 N–H and O–H groups in total. The Morgan fingerprint density at radius 3 is 2.67 bits per heavy atom. The minimum atomic E-state index is -0.208. The van der Waals surface area contributed by atoms with Gasteiger partial charge in [0.25, 0.3) is 5.91 Å². The molecule has 4 nitrogen and oxygen atoms in total. The van der Waals surface area contributed by atoms with Crippen LogP contribution in [0, 0.1) is 11.8 Å². The van der Waals surface area contributed by atoms with Crippen molar-refractivity contribution in [2.45, 2.75) is 0 Å². The Balaban J connectivity index is 2.49. The smallest absolute Gasteiger partial charge is 0.253 e. The molecule has 1 amide bonds. The third kappa shape index (κ3) is 1.49. The van der Waals surface area contributed by atoms with Gasteiger partial charge in [-0.25, -0.2) is 5.06 Å². The molecule has 0 saturated carbocycles. The minimum Gasteiger partial charge on any atom is -0.396 e. The van der Waals surface area contributed by atoms with Crippen LogP contribution in [0.2, 0.25) is 0 Å². The zero-order valence-corrected chi connectivity index (χ0v) is 7.23. The first-order chi connectivity index (χ1) is 5.70. The first-order valence-electron chi connectivity index (χ1n) is 3.81. The Hall–Kier alpha value is -0.870. The summed E-state index contributed by atoms with van der Waals surface area (Å²) in [7, 11) is 3.00. The van der Waals surface area contributed by atoms with Gasteiger partial charge in [0.2, 0.25) is 0 Å². The maximum Gasteiger partial charge on any atom is 0.253 e. The van der Waals surface area contributed by atoms with E-state index in [0.717, 1.165) is 0 Å². The summed E-state index contributed by atoms with van der Waals surface area (Å²) < 4.78 is 0. The van der Waals surface area contributed by atoms with Gasteiger partial charge in [0.05, 0.1) is 19.6 Å². The molecule has 0 aromatic rings. The maximum absolute atomic E-state index is 11.4. The standard InChI is InChI=1S/C8H13NO3/c1-9(12-2)8(11)7-4-3-6(7)5-10/h3-4,6-7,10H,5H2,1-2H3/t6-,7-/m1/s1. The number of nitrogens with zero attached hydrogens (tertiary/aromatic N) is 1. The van der Waals surface area contributed by atoms with E-state index in [2.05, 4.69) is 0 Å². The van der Waals surface area contributed by atoms with E-state index >= 15 is 0 Å². The topological polar surface area (TPSA) is 49.8 Å². The predicted molar refractivity (Wildman–Crippen MR) is 43.0 cm³/mol. The molecule has 0 aromatic heterocycles. The van der Waals surface area contributed by atoms with E-state index in [9.17, 15) is 4.79 Å². The SMILES string of the molecule is CON(C)C(=O)[C@@H]1C=C[C@@H]1CO. The Morgan fingerprint density at radius 1 is 1.67 bits per heavy atom. The van der Waals surface area contributed by atoms with Gasteiger partial charge in [0, 0.05) is 13.0 Å². The Kier molecular flexibility index (Phi) is 2.83. The number of carbonyl (C=O) groups is 1. The highest BCUT2D eigenvalue weighted by atomic mass is 16.7. The van der Waals surface area contributed by atoms with Gasteiger partial charge in [0.1, 0.15) is 0 Å². The number of hydrogen-bond acceptors (Lipinski definition) is 3. The van der Waals surface area contributed by atoms with Crippen LogP contribution >= 0.6 is 0 Å². The molecular formula is C8H13NO3. The summed E-state index contributed by atoms with van der Waals surface area (Å²) in [5, 5.41) is 9.97. The Morgan fingerprint density at radius 2 is 2.33 bits per heavy atom. The van der Waals surface area contributed by atoms with E-state index in [1.807, 2.05) is 6.08 Å². The molecule has 4 heteroatoms. The van der Waals surface area contributed by atoms with Gasteiger partial charge in [-0.05, 0) is 0 Å². The lowest BCUT2D eigenvalue weighted by atomic mass is 9.82. The number of hydroxylamine groups is 2. The second-order valence-corrected chi connectivity index (χ2v) is 2.78. The van der Waals surface area contributed by atoms with Crippen LogP contribution in [0.4, 0.5) is 0 Å². The zero-order valence-electron chi connectivity index (χ0n) is 7.23. The lowest BCUT2D eigenvalue weighted by Crippen LogP contribution is -2.39. The van der Waals surface area contributed by atoms with Crippen LogP contribution < -0.4 is 0 Å². The van der Waals surface area contributed by atoms with Crippen molar-refractivity contribution in [2.75, 3.05) is 20.8 Å². The van der Waals surface area contributed by atoms with E-state index in [4.69, 9.17) is 9.94 Å². The van der Waals surface area contributed by atoms with Crippen LogP contribution in [-0.4, -0.2) is 36.8 Å². The first kappa shape index (κ1) is 9.22. The second-order valence-electron chi connectivity index (χ2n) is 2.78. The van der Waals surface area contributed by atoms with E-state index < -0.39 is 0 Å². The highest BCUT2D eigenvalue weighted by Gasteiger charge is 2.32. The highest BCUT2D eigenvalue weighted by molar-refractivity contribution is 5.81. The van der Waals surface area contributed by atoms with Crippen molar-refractivity contribution < 1.29 is 14.7 Å². The molecule has 0 radical (unpaired) electrons. The Bertz CT molecular complexity index is 202. The van der Waals surface area contributed by atoms with Gasteiger partial charge in [-0.3, -0.25) is 9.63 Å². The molecule has 1 aliphatic carbocycles. The number of aliphatic hydroxyl groups excluding tert-OH is 1. The lowest BCUT2D eigenvalue weighted by molar-refractivity contribution is -0.174. The van der Waals surface area contributed by atoms with E-state index in [1.54, 1.807) is 13.1 Å². The summed E-state index contributed by atoms with van der Waals surface area (Å²) >= 11 is 0. The van der Waals surface area contributed by atoms with Gasteiger partial charge < -0.3 is 5.11 Å². The predicted octanol–water partition coefficient (Wildman–Crippen LogP) is -0.199. The van der Waals surface area contributed by atoms with Crippen LogP contribution in [0.5, 0.6) is 0 Å². The second kappa shape index (κ2) is 3.69. The largest absolute Gasteiger partial charge is 0.396 e. The molecule has 0 unspecified atom stereocenters. The quantitative estimate of drug-likeness (QED) is 0.472. The van der Waals surface area contributed by atoms with Gasteiger partial charge >= 0.3 is 0 Å². The molecule has 0 bridgehead atoms. The summed E-state index contributed by atoms with van der Waals surface area (Å²) in [6, 6.07) is 0. The molecule has 1 aliphatic rings. The molecule has 2 atom stereocenters. The van der Waals surface area contributed by atoms with Gasteiger partial charge in [-0.1, -0.05) is 12.2 Å². The molecule has 0 aromatic carbocycles. The van der Waals surface area contributed by atoms with Crippen molar-refractivity contribution in [3.05, 3.63) is 12.2 Å². The minimum absolute atomic E-state index is 0.0183. The summed E-state index contributed by atoms with van der Waals surface area (Å²) in [6.45, 7) is 0.0183. The molecule has 0 saturated heterocycles. The average molecular weight is 171 g/mol. The molecule has 68 valence electrons. The first-order valence-corrected chi connectivity index (χ1v) is 3.81. The number of carbonyl (C=O) groups excluding carboxylic acids is 1. The van der Waals surface area contributed by atoms with Crippen LogP contribution in [0.3, 0.4) is 0 Å². The van der Waals surface area contributed by atoms with Crippen molar-refractivity contribution in [3.8, 4) is 0 Å². The highest BCUT2D eigenvalue weighted by Crippen LogP contribution is 2.26. The van der Waals surface area contributed by atoms with Crippen LogP contribution in [-0.2, 0) is 9.63 Å². The summed E-state index contributed by atoms with van der Waals surface area (Å²) in [5.74, 6) is -0.353. The van der Waals surface area contributed by atoms with Crippen molar-refractivity contribution in [3.63, 3.8) is 0 Å². The number of rotatable bonds is 3. The monoisotopic (exact) mass is 171 g/mol. The molecular weight excluding hydrogens is 158 g/mol. The van der Waals surface area contributed by atoms with E-state index in [0.29, 0.717) is 0 Å². The number of aliphatic hydroxyl groups is 1. The molecule has 0 fully saturated rings. The van der Waals surface area contributed by atoms with Crippen molar-refractivity contribution in [2.24, 2.45) is 11.8 Å². The van der Waals surface area contributed by atoms with Gasteiger partial charge in [-0.2, -0.15) is 0 Å². The molecule has 12 heavy (non-hydrogen) atoms. The summed E-state index contributed by atoms with van der Waals surface area (Å²) in [5.41, 5.74) is 0. The number of amides is 1. The Labute approximate surface area is 71.4 Å². The molecule has 0 aliphatic heterocycles. The lowest BCUT2D eigenvalue weighted by Gasteiger charge is -2.29. The third-order valence-corrected chi connectivity index (χ3v) is 2.11. The third-order valence-electron chi connectivity index (χ3n) is 2.11.